The molecule has 0 aromatic heterocycles. The van der Waals surface area contributed by atoms with Crippen LogP contribution < -0.4 is 10.1 Å². The molecule has 0 radical (unpaired) electrons. The minimum atomic E-state index is 0.355. The third-order valence-corrected chi connectivity index (χ3v) is 4.67. The van der Waals surface area contributed by atoms with Gasteiger partial charge in [-0.25, -0.2) is 0 Å². The predicted molar refractivity (Wildman–Crippen MR) is 91.4 cm³/mol. The molecule has 116 valence electrons. The summed E-state index contributed by atoms with van der Waals surface area (Å²) in [6.45, 7) is 5.47. The molecule has 3 atom stereocenters. The second-order valence-electron chi connectivity index (χ2n) is 6.42. The van der Waals surface area contributed by atoms with Crippen LogP contribution in [0.4, 0.5) is 0 Å². The van der Waals surface area contributed by atoms with Crippen molar-refractivity contribution in [2.75, 3.05) is 13.7 Å². The monoisotopic (exact) mass is 295 g/mol. The normalized spacial score (nSPS) is 21.4. The fraction of sp³-hybridized carbons (Fsp3) is 0.400. The summed E-state index contributed by atoms with van der Waals surface area (Å²) in [4.78, 5) is 0. The molecule has 0 aliphatic heterocycles. The molecule has 0 amide bonds. The number of hydrogen-bond acceptors (Lipinski definition) is 2. The maximum atomic E-state index is 5.30. The molecule has 2 aromatic carbocycles. The van der Waals surface area contributed by atoms with E-state index in [1.165, 1.54) is 23.1 Å². The van der Waals surface area contributed by atoms with E-state index in [4.69, 9.17) is 4.74 Å². The molecule has 22 heavy (non-hydrogen) atoms. The fourth-order valence-electron chi connectivity index (χ4n) is 3.14. The van der Waals surface area contributed by atoms with E-state index in [0.29, 0.717) is 6.04 Å². The molecule has 1 aliphatic carbocycles. The Bertz CT molecular complexity index is 637. The van der Waals surface area contributed by atoms with Gasteiger partial charge in [-0.1, -0.05) is 42.0 Å². The lowest BCUT2D eigenvalue weighted by atomic mass is 10.1. The maximum Gasteiger partial charge on any atom is 0.119 e. The van der Waals surface area contributed by atoms with E-state index in [2.05, 4.69) is 61.6 Å². The van der Waals surface area contributed by atoms with Gasteiger partial charge in [0.2, 0.25) is 0 Å². The van der Waals surface area contributed by atoms with Gasteiger partial charge in [0.15, 0.2) is 0 Å². The Morgan fingerprint density at radius 2 is 2.00 bits per heavy atom. The van der Waals surface area contributed by atoms with Gasteiger partial charge in [0.05, 0.1) is 7.11 Å². The smallest absolute Gasteiger partial charge is 0.119 e. The first-order valence-electron chi connectivity index (χ1n) is 8.11. The van der Waals surface area contributed by atoms with Crippen molar-refractivity contribution in [1.82, 2.24) is 5.32 Å². The van der Waals surface area contributed by atoms with Crippen LogP contribution in [0.25, 0.3) is 0 Å². The lowest BCUT2D eigenvalue weighted by Crippen LogP contribution is -2.21. The number of ether oxygens (including phenoxy) is 1. The molecule has 2 unspecified atom stereocenters. The first-order valence-corrected chi connectivity index (χ1v) is 8.11. The van der Waals surface area contributed by atoms with Crippen molar-refractivity contribution >= 4 is 0 Å². The first-order chi connectivity index (χ1) is 10.7. The van der Waals surface area contributed by atoms with Gasteiger partial charge >= 0.3 is 0 Å². The molecular formula is C20H25NO. The van der Waals surface area contributed by atoms with Gasteiger partial charge in [-0.3, -0.25) is 0 Å². The number of methoxy groups -OCH3 is 1. The highest BCUT2D eigenvalue weighted by molar-refractivity contribution is 5.31. The van der Waals surface area contributed by atoms with E-state index in [1.54, 1.807) is 7.11 Å². The molecule has 1 saturated carbocycles. The Labute approximate surface area is 133 Å². The summed E-state index contributed by atoms with van der Waals surface area (Å²) in [6.07, 6.45) is 1.31. The SMILES string of the molecule is COc1cccc([C@@H](C)NCC2CC2c2cccc(C)c2)c1. The van der Waals surface area contributed by atoms with Crippen LogP contribution >= 0.6 is 0 Å². The summed E-state index contributed by atoms with van der Waals surface area (Å²) < 4.78 is 5.30. The summed E-state index contributed by atoms with van der Waals surface area (Å²) >= 11 is 0. The van der Waals surface area contributed by atoms with Gasteiger partial charge in [-0.15, -0.1) is 0 Å². The minimum Gasteiger partial charge on any atom is -0.497 e. The standard InChI is InChI=1S/C20H25NO/c1-14-6-4-8-17(10-14)20-12-18(20)13-21-15(2)16-7-5-9-19(11-16)22-3/h4-11,15,18,20-21H,12-13H2,1-3H3/t15-,18?,20?/m1/s1. The van der Waals surface area contributed by atoms with E-state index < -0.39 is 0 Å². The number of rotatable bonds is 6. The van der Waals surface area contributed by atoms with Crippen LogP contribution in [-0.2, 0) is 0 Å². The van der Waals surface area contributed by atoms with Crippen molar-refractivity contribution in [2.24, 2.45) is 5.92 Å². The zero-order valence-corrected chi connectivity index (χ0v) is 13.7. The molecule has 3 rings (SSSR count). The van der Waals surface area contributed by atoms with Gasteiger partial charge in [-0.2, -0.15) is 0 Å². The Kier molecular flexibility index (Phi) is 4.49. The van der Waals surface area contributed by atoms with E-state index in [-0.39, 0.29) is 0 Å². The summed E-state index contributed by atoms with van der Waals surface area (Å²) in [5, 5.41) is 3.67. The molecule has 0 heterocycles. The van der Waals surface area contributed by atoms with Crippen molar-refractivity contribution in [1.29, 1.82) is 0 Å². The third-order valence-electron chi connectivity index (χ3n) is 4.67. The third kappa shape index (κ3) is 3.50. The quantitative estimate of drug-likeness (QED) is 0.849. The fourth-order valence-corrected chi connectivity index (χ4v) is 3.14. The number of aryl methyl sites for hydroxylation is 1. The highest BCUT2D eigenvalue weighted by atomic mass is 16.5. The van der Waals surface area contributed by atoms with E-state index in [9.17, 15) is 0 Å². The van der Waals surface area contributed by atoms with Crippen molar-refractivity contribution in [3.05, 3.63) is 65.2 Å². The molecular weight excluding hydrogens is 270 g/mol. The van der Waals surface area contributed by atoms with Crippen LogP contribution in [0.15, 0.2) is 48.5 Å². The second kappa shape index (κ2) is 6.53. The number of hydrogen-bond donors (Lipinski definition) is 1. The summed E-state index contributed by atoms with van der Waals surface area (Å²) in [7, 11) is 1.72. The molecule has 0 bridgehead atoms. The molecule has 1 aliphatic rings. The van der Waals surface area contributed by atoms with Crippen LogP contribution in [0, 0.1) is 12.8 Å². The van der Waals surface area contributed by atoms with Crippen LogP contribution in [-0.4, -0.2) is 13.7 Å². The van der Waals surface area contributed by atoms with Crippen LogP contribution in [0.5, 0.6) is 5.75 Å². The van der Waals surface area contributed by atoms with Gasteiger partial charge in [0.1, 0.15) is 5.75 Å². The first kappa shape index (κ1) is 15.1. The largest absolute Gasteiger partial charge is 0.497 e. The van der Waals surface area contributed by atoms with E-state index in [0.717, 1.165) is 24.1 Å². The summed E-state index contributed by atoms with van der Waals surface area (Å²) in [5.41, 5.74) is 4.15. The molecule has 0 saturated heterocycles. The molecule has 2 nitrogen and oxygen atoms in total. The molecule has 1 N–H and O–H groups in total. The van der Waals surface area contributed by atoms with Crippen molar-refractivity contribution < 1.29 is 4.74 Å². The topological polar surface area (TPSA) is 21.3 Å². The zero-order valence-electron chi connectivity index (χ0n) is 13.7. The van der Waals surface area contributed by atoms with Crippen molar-refractivity contribution in [3.63, 3.8) is 0 Å². The van der Waals surface area contributed by atoms with Crippen LogP contribution in [0.2, 0.25) is 0 Å². The predicted octanol–water partition coefficient (Wildman–Crippen LogP) is 4.46. The Balaban J connectivity index is 1.53. The minimum absolute atomic E-state index is 0.355. The number of benzene rings is 2. The van der Waals surface area contributed by atoms with Gasteiger partial charge in [-0.05, 0) is 61.9 Å². The Hall–Kier alpha value is -1.80. The average molecular weight is 295 g/mol. The molecule has 2 aromatic rings. The van der Waals surface area contributed by atoms with E-state index >= 15 is 0 Å². The molecule has 2 heteroatoms. The van der Waals surface area contributed by atoms with Gasteiger partial charge in [0.25, 0.3) is 0 Å². The summed E-state index contributed by atoms with van der Waals surface area (Å²) in [6, 6.07) is 17.6. The molecule has 0 spiro atoms. The van der Waals surface area contributed by atoms with Gasteiger partial charge in [0, 0.05) is 6.04 Å². The van der Waals surface area contributed by atoms with E-state index in [1.807, 2.05) is 6.07 Å². The Morgan fingerprint density at radius 3 is 2.77 bits per heavy atom. The van der Waals surface area contributed by atoms with Crippen molar-refractivity contribution in [2.45, 2.75) is 32.2 Å². The maximum absolute atomic E-state index is 5.30. The lowest BCUT2D eigenvalue weighted by Gasteiger charge is -2.15. The van der Waals surface area contributed by atoms with Gasteiger partial charge < -0.3 is 10.1 Å². The average Bonchev–Trinajstić information content (AvgIpc) is 3.32. The molecule has 1 fully saturated rings. The lowest BCUT2D eigenvalue weighted by molar-refractivity contribution is 0.413. The second-order valence-corrected chi connectivity index (χ2v) is 6.42. The zero-order chi connectivity index (χ0) is 15.5. The highest BCUT2D eigenvalue weighted by Gasteiger charge is 2.37. The summed E-state index contributed by atoms with van der Waals surface area (Å²) in [5.74, 6) is 2.44. The van der Waals surface area contributed by atoms with Crippen molar-refractivity contribution in [3.8, 4) is 5.75 Å². The number of nitrogens with one attached hydrogen (secondary N) is 1. The van der Waals surface area contributed by atoms with Crippen LogP contribution in [0.1, 0.15) is 42.0 Å². The van der Waals surface area contributed by atoms with Crippen LogP contribution in [0.3, 0.4) is 0 Å². The highest BCUT2D eigenvalue weighted by Crippen LogP contribution is 2.47. The Morgan fingerprint density at radius 1 is 1.18 bits per heavy atom.